The number of nitrogens with zero attached hydrogens (tertiary/aromatic N) is 1. The summed E-state index contributed by atoms with van der Waals surface area (Å²) in [5, 5.41) is 3.23. The Bertz CT molecular complexity index is 212. The Kier molecular flexibility index (Phi) is 5.42. The summed E-state index contributed by atoms with van der Waals surface area (Å²) in [6.45, 7) is 7.85. The molecular formula is C13H26N2O. The average Bonchev–Trinajstić information content (AvgIpc) is 2.36. The van der Waals surface area contributed by atoms with E-state index in [4.69, 9.17) is 0 Å². The number of piperidine rings is 1. The fourth-order valence-electron chi connectivity index (χ4n) is 2.53. The number of aldehydes is 1. The molecule has 1 aliphatic rings. The first kappa shape index (κ1) is 13.7. The molecule has 94 valence electrons. The maximum atomic E-state index is 10.7. The van der Waals surface area contributed by atoms with E-state index in [1.54, 1.807) is 0 Å². The molecule has 3 nitrogen and oxygen atoms in total. The van der Waals surface area contributed by atoms with Gasteiger partial charge in [0, 0.05) is 11.5 Å². The van der Waals surface area contributed by atoms with E-state index < -0.39 is 0 Å². The summed E-state index contributed by atoms with van der Waals surface area (Å²) >= 11 is 0. The molecule has 0 aliphatic carbocycles. The number of nitrogens with one attached hydrogen (secondary N) is 1. The molecule has 0 radical (unpaired) electrons. The lowest BCUT2D eigenvalue weighted by Crippen LogP contribution is -2.51. The molecule has 16 heavy (non-hydrogen) atoms. The minimum absolute atomic E-state index is 0.302. The van der Waals surface area contributed by atoms with Crippen LogP contribution in [0.1, 0.15) is 39.5 Å². The van der Waals surface area contributed by atoms with E-state index in [2.05, 4.69) is 24.1 Å². The van der Waals surface area contributed by atoms with E-state index in [9.17, 15) is 4.79 Å². The summed E-state index contributed by atoms with van der Waals surface area (Å²) in [7, 11) is 2.01. The minimum atomic E-state index is 0.302. The maximum absolute atomic E-state index is 10.7. The molecule has 0 aromatic carbocycles. The highest BCUT2D eigenvalue weighted by molar-refractivity contribution is 5.53. The predicted octanol–water partition coefficient (Wildman–Crippen LogP) is 1.68. The van der Waals surface area contributed by atoms with Gasteiger partial charge in [0.1, 0.15) is 6.29 Å². The van der Waals surface area contributed by atoms with Crippen LogP contribution in [0.3, 0.4) is 0 Å². The third-order valence-corrected chi connectivity index (χ3v) is 4.17. The zero-order valence-corrected chi connectivity index (χ0v) is 11.0. The number of carbonyl (C=O) groups excluding carboxylic acids is 1. The molecule has 0 amide bonds. The van der Waals surface area contributed by atoms with Gasteiger partial charge in [-0.25, -0.2) is 0 Å². The second-order valence-electron chi connectivity index (χ2n) is 5.16. The molecule has 1 saturated heterocycles. The van der Waals surface area contributed by atoms with Crippen molar-refractivity contribution >= 4 is 6.29 Å². The number of hydrogen-bond donors (Lipinski definition) is 1. The van der Waals surface area contributed by atoms with Gasteiger partial charge in [0.25, 0.3) is 0 Å². The summed E-state index contributed by atoms with van der Waals surface area (Å²) in [4.78, 5) is 13.3. The molecule has 1 N–H and O–H groups in total. The molecule has 0 bridgehead atoms. The van der Waals surface area contributed by atoms with Gasteiger partial charge in [0.2, 0.25) is 0 Å². The largest absolute Gasteiger partial charge is 0.320 e. The van der Waals surface area contributed by atoms with Crippen LogP contribution in [0.4, 0.5) is 0 Å². The fourth-order valence-corrected chi connectivity index (χ4v) is 2.53. The Morgan fingerprint density at radius 3 is 2.50 bits per heavy atom. The third-order valence-electron chi connectivity index (χ3n) is 4.17. The van der Waals surface area contributed by atoms with Gasteiger partial charge in [-0.1, -0.05) is 6.92 Å². The van der Waals surface area contributed by atoms with E-state index >= 15 is 0 Å². The number of likely N-dealkylation sites (tertiary alicyclic amines) is 1. The standard InChI is InChI=1S/C13H26N2O/c1-4-13(2,7-8-14-3)15-9-5-12(11-16)6-10-15/h11-12,14H,4-10H2,1-3H3. The molecule has 1 atom stereocenters. The molecule has 1 aliphatic heterocycles. The Hall–Kier alpha value is -0.410. The minimum Gasteiger partial charge on any atom is -0.320 e. The lowest BCUT2D eigenvalue weighted by molar-refractivity contribution is -0.112. The van der Waals surface area contributed by atoms with Crippen molar-refractivity contribution < 1.29 is 4.79 Å². The van der Waals surface area contributed by atoms with Crippen LogP contribution in [0.2, 0.25) is 0 Å². The summed E-state index contributed by atoms with van der Waals surface area (Å²) in [6, 6.07) is 0. The molecule has 1 fully saturated rings. The van der Waals surface area contributed by atoms with Gasteiger partial charge in [-0.3, -0.25) is 4.90 Å². The lowest BCUT2D eigenvalue weighted by atomic mass is 9.87. The van der Waals surface area contributed by atoms with Gasteiger partial charge in [0.15, 0.2) is 0 Å². The van der Waals surface area contributed by atoms with Gasteiger partial charge in [-0.05, 0) is 59.3 Å². The van der Waals surface area contributed by atoms with Crippen LogP contribution in [0.15, 0.2) is 0 Å². The van der Waals surface area contributed by atoms with Crippen molar-refractivity contribution in [3.8, 4) is 0 Å². The van der Waals surface area contributed by atoms with Crippen molar-refractivity contribution in [3.63, 3.8) is 0 Å². The molecular weight excluding hydrogens is 200 g/mol. The van der Waals surface area contributed by atoms with Gasteiger partial charge in [-0.15, -0.1) is 0 Å². The van der Waals surface area contributed by atoms with Crippen LogP contribution in [0, 0.1) is 5.92 Å². The fraction of sp³-hybridized carbons (Fsp3) is 0.923. The van der Waals surface area contributed by atoms with Gasteiger partial charge in [-0.2, -0.15) is 0 Å². The summed E-state index contributed by atoms with van der Waals surface area (Å²) in [5.41, 5.74) is 0.302. The molecule has 0 aromatic rings. The maximum Gasteiger partial charge on any atom is 0.123 e. The van der Waals surface area contributed by atoms with Crippen molar-refractivity contribution in [2.45, 2.75) is 45.1 Å². The van der Waals surface area contributed by atoms with Crippen LogP contribution in [-0.4, -0.2) is 43.4 Å². The summed E-state index contributed by atoms with van der Waals surface area (Å²) in [6.07, 6.45) is 5.58. The number of rotatable bonds is 6. The summed E-state index contributed by atoms with van der Waals surface area (Å²) < 4.78 is 0. The van der Waals surface area contributed by atoms with Crippen LogP contribution < -0.4 is 5.32 Å². The van der Waals surface area contributed by atoms with Crippen molar-refractivity contribution in [1.82, 2.24) is 10.2 Å². The van der Waals surface area contributed by atoms with Crippen LogP contribution in [-0.2, 0) is 4.79 Å². The Balaban J connectivity index is 2.50. The molecule has 3 heteroatoms. The highest BCUT2D eigenvalue weighted by atomic mass is 16.1. The molecule has 0 aromatic heterocycles. The number of carbonyl (C=O) groups is 1. The van der Waals surface area contributed by atoms with Crippen LogP contribution >= 0.6 is 0 Å². The van der Waals surface area contributed by atoms with E-state index in [1.807, 2.05) is 7.05 Å². The topological polar surface area (TPSA) is 32.3 Å². The molecule has 1 unspecified atom stereocenters. The van der Waals surface area contributed by atoms with Crippen molar-refractivity contribution in [1.29, 1.82) is 0 Å². The van der Waals surface area contributed by atoms with E-state index in [0.29, 0.717) is 11.5 Å². The monoisotopic (exact) mass is 226 g/mol. The Labute approximate surface area is 99.6 Å². The highest BCUT2D eigenvalue weighted by Crippen LogP contribution is 2.28. The van der Waals surface area contributed by atoms with Gasteiger partial charge < -0.3 is 10.1 Å². The second-order valence-corrected chi connectivity index (χ2v) is 5.16. The van der Waals surface area contributed by atoms with Gasteiger partial charge in [0.05, 0.1) is 0 Å². The highest BCUT2D eigenvalue weighted by Gasteiger charge is 2.32. The number of hydrogen-bond acceptors (Lipinski definition) is 3. The van der Waals surface area contributed by atoms with Gasteiger partial charge >= 0.3 is 0 Å². The first-order valence-corrected chi connectivity index (χ1v) is 6.51. The average molecular weight is 226 g/mol. The lowest BCUT2D eigenvalue weighted by Gasteiger charge is -2.44. The molecule has 1 heterocycles. The van der Waals surface area contributed by atoms with Crippen LogP contribution in [0.25, 0.3) is 0 Å². The van der Waals surface area contributed by atoms with E-state index in [0.717, 1.165) is 38.8 Å². The quantitative estimate of drug-likeness (QED) is 0.699. The Morgan fingerprint density at radius 2 is 2.06 bits per heavy atom. The molecule has 0 saturated carbocycles. The first-order valence-electron chi connectivity index (χ1n) is 6.51. The SMILES string of the molecule is CCC(C)(CCNC)N1CCC(C=O)CC1. The normalized spacial score (nSPS) is 22.9. The Morgan fingerprint density at radius 1 is 1.44 bits per heavy atom. The van der Waals surface area contributed by atoms with Crippen LogP contribution in [0.5, 0.6) is 0 Å². The zero-order chi connectivity index (χ0) is 12.0. The van der Waals surface area contributed by atoms with Crippen molar-refractivity contribution in [2.24, 2.45) is 5.92 Å². The first-order chi connectivity index (χ1) is 7.66. The second kappa shape index (κ2) is 6.36. The smallest absolute Gasteiger partial charge is 0.123 e. The third kappa shape index (κ3) is 3.29. The predicted molar refractivity (Wildman–Crippen MR) is 67.6 cm³/mol. The van der Waals surface area contributed by atoms with E-state index in [1.165, 1.54) is 12.8 Å². The summed E-state index contributed by atoms with van der Waals surface area (Å²) in [5.74, 6) is 0.307. The van der Waals surface area contributed by atoms with Crippen molar-refractivity contribution in [2.75, 3.05) is 26.7 Å². The molecule has 0 spiro atoms. The zero-order valence-electron chi connectivity index (χ0n) is 11.0. The molecule has 1 rings (SSSR count). The van der Waals surface area contributed by atoms with E-state index in [-0.39, 0.29) is 0 Å². The van der Waals surface area contributed by atoms with Crippen molar-refractivity contribution in [3.05, 3.63) is 0 Å².